The summed E-state index contributed by atoms with van der Waals surface area (Å²) in [5.41, 5.74) is 1.02. The number of hydrogen-bond donors (Lipinski definition) is 1. The molecule has 1 aromatic carbocycles. The Hall–Kier alpha value is -2.80. The number of hydrogen-bond acceptors (Lipinski definition) is 5. The lowest BCUT2D eigenvalue weighted by Crippen LogP contribution is -2.54. The zero-order valence-corrected chi connectivity index (χ0v) is 15.7. The van der Waals surface area contributed by atoms with Crippen LogP contribution in [0, 0.1) is 0 Å². The summed E-state index contributed by atoms with van der Waals surface area (Å²) >= 11 is 0. The SMILES string of the molecule is COc1ccc(CNC(=O)[C@H](C)N2CCN(C(=O)c3ccco3)CC2)cc1. The van der Waals surface area contributed by atoms with E-state index in [9.17, 15) is 9.59 Å². The van der Waals surface area contributed by atoms with E-state index in [4.69, 9.17) is 9.15 Å². The minimum Gasteiger partial charge on any atom is -0.497 e. The van der Waals surface area contributed by atoms with Gasteiger partial charge in [-0.1, -0.05) is 12.1 Å². The number of ether oxygens (including phenoxy) is 1. The lowest BCUT2D eigenvalue weighted by molar-refractivity contribution is -0.126. The molecule has 1 saturated heterocycles. The van der Waals surface area contributed by atoms with E-state index < -0.39 is 0 Å². The molecule has 27 heavy (non-hydrogen) atoms. The van der Waals surface area contributed by atoms with Crippen molar-refractivity contribution >= 4 is 11.8 Å². The summed E-state index contributed by atoms with van der Waals surface area (Å²) in [6.45, 7) is 4.84. The van der Waals surface area contributed by atoms with E-state index in [0.29, 0.717) is 38.5 Å². The van der Waals surface area contributed by atoms with Gasteiger partial charge in [-0.3, -0.25) is 14.5 Å². The van der Waals surface area contributed by atoms with E-state index in [2.05, 4.69) is 10.2 Å². The van der Waals surface area contributed by atoms with Crippen LogP contribution in [0.25, 0.3) is 0 Å². The van der Waals surface area contributed by atoms with Crippen LogP contribution in [0.3, 0.4) is 0 Å². The maximum atomic E-state index is 12.5. The average molecular weight is 371 g/mol. The molecule has 0 radical (unpaired) electrons. The van der Waals surface area contributed by atoms with Crippen molar-refractivity contribution in [3.8, 4) is 5.75 Å². The first-order valence-electron chi connectivity index (χ1n) is 9.06. The molecule has 0 bridgehead atoms. The Morgan fingerprint density at radius 3 is 2.44 bits per heavy atom. The number of furan rings is 1. The third-order valence-corrected chi connectivity index (χ3v) is 4.89. The predicted molar refractivity (Wildman–Crippen MR) is 100 cm³/mol. The number of methoxy groups -OCH3 is 1. The summed E-state index contributed by atoms with van der Waals surface area (Å²) in [4.78, 5) is 28.6. The zero-order valence-electron chi connectivity index (χ0n) is 15.7. The first-order valence-corrected chi connectivity index (χ1v) is 9.06. The molecule has 0 aliphatic carbocycles. The minimum atomic E-state index is -0.246. The molecule has 7 nitrogen and oxygen atoms in total. The highest BCUT2D eigenvalue weighted by atomic mass is 16.5. The van der Waals surface area contributed by atoms with E-state index in [0.717, 1.165) is 11.3 Å². The molecule has 0 unspecified atom stereocenters. The normalized spacial score (nSPS) is 16.0. The minimum absolute atomic E-state index is 0.0170. The fraction of sp³-hybridized carbons (Fsp3) is 0.400. The van der Waals surface area contributed by atoms with E-state index in [1.54, 1.807) is 24.1 Å². The first-order chi connectivity index (χ1) is 13.1. The summed E-state index contributed by atoms with van der Waals surface area (Å²) in [6, 6.07) is 10.7. The number of nitrogens with one attached hydrogen (secondary N) is 1. The summed E-state index contributed by atoms with van der Waals surface area (Å²) in [5.74, 6) is 1.03. The van der Waals surface area contributed by atoms with Crippen molar-refractivity contribution in [2.75, 3.05) is 33.3 Å². The molecule has 2 amide bonds. The van der Waals surface area contributed by atoms with E-state index >= 15 is 0 Å². The average Bonchev–Trinajstić information content (AvgIpc) is 3.26. The topological polar surface area (TPSA) is 75.0 Å². The van der Waals surface area contributed by atoms with Crippen LogP contribution >= 0.6 is 0 Å². The summed E-state index contributed by atoms with van der Waals surface area (Å²) in [5, 5.41) is 2.97. The molecule has 1 N–H and O–H groups in total. The molecule has 1 fully saturated rings. The number of piperazine rings is 1. The Bertz CT molecular complexity index is 750. The monoisotopic (exact) mass is 371 g/mol. The zero-order chi connectivity index (χ0) is 19.2. The Morgan fingerprint density at radius 1 is 1.15 bits per heavy atom. The van der Waals surface area contributed by atoms with Gasteiger partial charge in [-0.2, -0.15) is 0 Å². The van der Waals surface area contributed by atoms with Crippen molar-refractivity contribution in [3.05, 3.63) is 54.0 Å². The summed E-state index contributed by atoms with van der Waals surface area (Å²) in [6.07, 6.45) is 1.50. The molecule has 2 heterocycles. The number of carbonyl (C=O) groups is 2. The quantitative estimate of drug-likeness (QED) is 0.837. The van der Waals surface area contributed by atoms with Crippen molar-refractivity contribution in [1.82, 2.24) is 15.1 Å². The third kappa shape index (κ3) is 4.68. The van der Waals surface area contributed by atoms with Crippen molar-refractivity contribution in [3.63, 3.8) is 0 Å². The molecule has 1 atom stereocenters. The standard InChI is InChI=1S/C20H25N3O4/c1-15(19(24)21-14-16-5-7-17(26-2)8-6-16)22-9-11-23(12-10-22)20(25)18-4-3-13-27-18/h3-8,13,15H,9-12,14H2,1-2H3,(H,21,24)/t15-/m0/s1. The highest BCUT2D eigenvalue weighted by Crippen LogP contribution is 2.13. The van der Waals surface area contributed by atoms with Crippen LogP contribution < -0.4 is 10.1 Å². The van der Waals surface area contributed by atoms with Crippen LogP contribution in [-0.4, -0.2) is 60.9 Å². The molecule has 0 saturated carbocycles. The van der Waals surface area contributed by atoms with Gasteiger partial charge in [0, 0.05) is 32.7 Å². The predicted octanol–water partition coefficient (Wildman–Crippen LogP) is 1.75. The highest BCUT2D eigenvalue weighted by Gasteiger charge is 2.28. The second kappa shape index (κ2) is 8.73. The van der Waals surface area contributed by atoms with Gasteiger partial charge in [0.25, 0.3) is 5.91 Å². The molecular weight excluding hydrogens is 346 g/mol. The van der Waals surface area contributed by atoms with Crippen molar-refractivity contribution in [2.24, 2.45) is 0 Å². The summed E-state index contributed by atoms with van der Waals surface area (Å²) in [7, 11) is 1.63. The molecule has 7 heteroatoms. The molecule has 1 aliphatic rings. The van der Waals surface area contributed by atoms with Gasteiger partial charge in [-0.25, -0.2) is 0 Å². The smallest absolute Gasteiger partial charge is 0.289 e. The fourth-order valence-electron chi connectivity index (χ4n) is 3.11. The van der Waals surface area contributed by atoms with Crippen LogP contribution in [0.5, 0.6) is 5.75 Å². The van der Waals surface area contributed by atoms with Crippen molar-refractivity contribution in [1.29, 1.82) is 0 Å². The Kier molecular flexibility index (Phi) is 6.13. The summed E-state index contributed by atoms with van der Waals surface area (Å²) < 4.78 is 10.3. The van der Waals surface area contributed by atoms with Crippen LogP contribution in [-0.2, 0) is 11.3 Å². The molecule has 144 valence electrons. The fourth-order valence-corrected chi connectivity index (χ4v) is 3.11. The maximum Gasteiger partial charge on any atom is 0.289 e. The van der Waals surface area contributed by atoms with Gasteiger partial charge in [0.1, 0.15) is 5.75 Å². The number of rotatable bonds is 6. The second-order valence-electron chi connectivity index (χ2n) is 6.55. The second-order valence-corrected chi connectivity index (χ2v) is 6.55. The highest BCUT2D eigenvalue weighted by molar-refractivity contribution is 5.91. The van der Waals surface area contributed by atoms with E-state index in [1.807, 2.05) is 31.2 Å². The Morgan fingerprint density at radius 2 is 1.85 bits per heavy atom. The lowest BCUT2D eigenvalue weighted by Gasteiger charge is -2.37. The molecule has 2 aromatic rings. The van der Waals surface area contributed by atoms with E-state index in [-0.39, 0.29) is 17.9 Å². The molecule has 1 aromatic heterocycles. The molecule has 1 aliphatic heterocycles. The van der Waals surface area contributed by atoms with Crippen LogP contribution in [0.15, 0.2) is 47.1 Å². The Balaban J connectivity index is 1.45. The number of amides is 2. The van der Waals surface area contributed by atoms with Gasteiger partial charge >= 0.3 is 0 Å². The van der Waals surface area contributed by atoms with Crippen molar-refractivity contribution in [2.45, 2.75) is 19.5 Å². The van der Waals surface area contributed by atoms with Crippen LogP contribution in [0.1, 0.15) is 23.0 Å². The number of carbonyl (C=O) groups excluding carboxylic acids is 2. The van der Waals surface area contributed by atoms with E-state index in [1.165, 1.54) is 6.26 Å². The van der Waals surface area contributed by atoms with Crippen molar-refractivity contribution < 1.29 is 18.7 Å². The first kappa shape index (κ1) is 19.0. The van der Waals surface area contributed by atoms with Crippen LogP contribution in [0.4, 0.5) is 0 Å². The largest absolute Gasteiger partial charge is 0.497 e. The maximum absolute atomic E-state index is 12.5. The third-order valence-electron chi connectivity index (χ3n) is 4.89. The van der Waals surface area contributed by atoms with Gasteiger partial charge in [0.2, 0.25) is 5.91 Å². The van der Waals surface area contributed by atoms with Gasteiger partial charge < -0.3 is 19.4 Å². The van der Waals surface area contributed by atoms with Gasteiger partial charge in [-0.15, -0.1) is 0 Å². The van der Waals surface area contributed by atoms with Gasteiger partial charge in [-0.05, 0) is 36.8 Å². The molecular formula is C20H25N3O4. The number of benzene rings is 1. The van der Waals surface area contributed by atoms with Gasteiger partial charge in [0.15, 0.2) is 5.76 Å². The molecule has 0 spiro atoms. The molecule has 3 rings (SSSR count). The number of nitrogens with zero attached hydrogens (tertiary/aromatic N) is 2. The van der Waals surface area contributed by atoms with Crippen LogP contribution in [0.2, 0.25) is 0 Å². The lowest BCUT2D eigenvalue weighted by atomic mass is 10.2. The van der Waals surface area contributed by atoms with Gasteiger partial charge in [0.05, 0.1) is 19.4 Å². The Labute approximate surface area is 158 Å².